The third-order valence-electron chi connectivity index (χ3n) is 4.29. The molecule has 0 spiro atoms. The fourth-order valence-corrected chi connectivity index (χ4v) is 2.70. The zero-order valence-electron chi connectivity index (χ0n) is 15.7. The Morgan fingerprint density at radius 3 is 2.36 bits per heavy atom. The summed E-state index contributed by atoms with van der Waals surface area (Å²) in [5, 5.41) is 11.8. The molecule has 0 aliphatic carbocycles. The van der Waals surface area contributed by atoms with Crippen LogP contribution in [0.25, 0.3) is 0 Å². The van der Waals surface area contributed by atoms with Crippen LogP contribution in [0.1, 0.15) is 46.8 Å². The second kappa shape index (κ2) is 9.64. The summed E-state index contributed by atoms with van der Waals surface area (Å²) in [6, 6.07) is 9.28. The Kier molecular flexibility index (Phi) is 7.26. The van der Waals surface area contributed by atoms with Crippen LogP contribution in [-0.2, 0) is 9.59 Å². The highest BCUT2D eigenvalue weighted by atomic mass is 19.1. The number of Topliss-reactive ketones (excluding diaryl/α,β-unsaturated/α-hetero) is 1. The highest BCUT2D eigenvalue weighted by Crippen LogP contribution is 2.18. The van der Waals surface area contributed by atoms with Gasteiger partial charge >= 0.3 is 5.97 Å². The molecular weight excluding hydrogens is 365 g/mol. The summed E-state index contributed by atoms with van der Waals surface area (Å²) in [4.78, 5) is 35.7. The number of aryl methyl sites for hydroxylation is 1. The van der Waals surface area contributed by atoms with Crippen LogP contribution in [0.3, 0.4) is 0 Å². The van der Waals surface area contributed by atoms with Crippen LogP contribution in [0.15, 0.2) is 42.5 Å². The van der Waals surface area contributed by atoms with E-state index >= 15 is 0 Å². The number of amides is 1. The summed E-state index contributed by atoms with van der Waals surface area (Å²) in [6.07, 6.45) is 0.449. The lowest BCUT2D eigenvalue weighted by Crippen LogP contribution is -2.33. The molecule has 0 saturated heterocycles. The molecule has 7 heteroatoms. The summed E-state index contributed by atoms with van der Waals surface area (Å²) in [5.74, 6) is -1.65. The van der Waals surface area contributed by atoms with E-state index in [0.717, 1.165) is 0 Å². The lowest BCUT2D eigenvalue weighted by atomic mass is 10.0. The highest BCUT2D eigenvalue weighted by Gasteiger charge is 2.22. The van der Waals surface area contributed by atoms with Gasteiger partial charge in [-0.15, -0.1) is 0 Å². The topological polar surface area (TPSA) is 92.7 Å². The van der Waals surface area contributed by atoms with Crippen molar-refractivity contribution in [2.75, 3.05) is 7.11 Å². The summed E-state index contributed by atoms with van der Waals surface area (Å²) in [5.41, 5.74) is 1.10. The number of nitrogens with one attached hydrogen (secondary N) is 1. The molecule has 0 aliphatic heterocycles. The SMILES string of the molecule is COc1ccc(C(=O)CCCC(=O)NC(C(=O)O)c2ccc(F)c(C)c2)cc1. The van der Waals surface area contributed by atoms with E-state index in [2.05, 4.69) is 5.32 Å². The van der Waals surface area contributed by atoms with E-state index in [-0.39, 0.29) is 30.6 Å². The van der Waals surface area contributed by atoms with Crippen molar-refractivity contribution >= 4 is 17.7 Å². The van der Waals surface area contributed by atoms with Crippen molar-refractivity contribution in [1.82, 2.24) is 5.32 Å². The lowest BCUT2D eigenvalue weighted by molar-refractivity contribution is -0.142. The van der Waals surface area contributed by atoms with Crippen molar-refractivity contribution in [3.05, 3.63) is 65.0 Å². The second-order valence-electron chi connectivity index (χ2n) is 6.35. The van der Waals surface area contributed by atoms with Crippen molar-refractivity contribution in [2.45, 2.75) is 32.2 Å². The molecule has 2 N–H and O–H groups in total. The van der Waals surface area contributed by atoms with E-state index < -0.39 is 23.7 Å². The van der Waals surface area contributed by atoms with Gasteiger partial charge in [-0.25, -0.2) is 9.18 Å². The molecule has 2 aromatic rings. The van der Waals surface area contributed by atoms with Crippen LogP contribution in [0.4, 0.5) is 4.39 Å². The largest absolute Gasteiger partial charge is 0.497 e. The molecule has 0 fully saturated rings. The molecule has 6 nitrogen and oxygen atoms in total. The first kappa shape index (κ1) is 21.1. The van der Waals surface area contributed by atoms with Crippen LogP contribution in [-0.4, -0.2) is 29.9 Å². The molecular formula is C21H22FNO5. The van der Waals surface area contributed by atoms with E-state index in [4.69, 9.17) is 4.74 Å². The number of rotatable bonds is 9. The maximum Gasteiger partial charge on any atom is 0.330 e. The van der Waals surface area contributed by atoms with Gasteiger partial charge in [0.1, 0.15) is 11.6 Å². The van der Waals surface area contributed by atoms with Gasteiger partial charge in [-0.1, -0.05) is 12.1 Å². The van der Waals surface area contributed by atoms with E-state index in [0.29, 0.717) is 16.9 Å². The first-order valence-electron chi connectivity index (χ1n) is 8.77. The average Bonchev–Trinajstić information content (AvgIpc) is 2.68. The molecule has 0 radical (unpaired) electrons. The number of methoxy groups -OCH3 is 1. The van der Waals surface area contributed by atoms with Crippen molar-refractivity contribution in [1.29, 1.82) is 0 Å². The number of carboxylic acid groups (broad SMARTS) is 1. The first-order valence-corrected chi connectivity index (χ1v) is 8.77. The molecule has 0 aliphatic rings. The van der Waals surface area contributed by atoms with Crippen molar-refractivity contribution < 1.29 is 28.6 Å². The third kappa shape index (κ3) is 5.64. The van der Waals surface area contributed by atoms with E-state index in [1.54, 1.807) is 24.3 Å². The van der Waals surface area contributed by atoms with Crippen LogP contribution in [0, 0.1) is 12.7 Å². The third-order valence-corrected chi connectivity index (χ3v) is 4.29. The number of carbonyl (C=O) groups excluding carboxylic acids is 2. The molecule has 0 heterocycles. The van der Waals surface area contributed by atoms with Crippen LogP contribution < -0.4 is 10.1 Å². The Bertz CT molecular complexity index is 864. The monoisotopic (exact) mass is 387 g/mol. The van der Waals surface area contributed by atoms with Gasteiger partial charge in [-0.05, 0) is 54.8 Å². The number of hydrogen-bond acceptors (Lipinski definition) is 4. The number of ketones is 1. The fraction of sp³-hybridized carbons (Fsp3) is 0.286. The van der Waals surface area contributed by atoms with Crippen LogP contribution in [0.2, 0.25) is 0 Å². The van der Waals surface area contributed by atoms with Crippen molar-refractivity contribution in [3.8, 4) is 5.75 Å². The normalized spacial score (nSPS) is 11.5. The Morgan fingerprint density at radius 2 is 1.79 bits per heavy atom. The van der Waals surface area contributed by atoms with Crippen LogP contribution >= 0.6 is 0 Å². The molecule has 2 rings (SSSR count). The van der Waals surface area contributed by atoms with Gasteiger partial charge in [0, 0.05) is 18.4 Å². The summed E-state index contributed by atoms with van der Waals surface area (Å²) < 4.78 is 18.4. The zero-order chi connectivity index (χ0) is 20.7. The maximum absolute atomic E-state index is 13.4. The van der Waals surface area contributed by atoms with Gasteiger partial charge < -0.3 is 15.2 Å². The summed E-state index contributed by atoms with van der Waals surface area (Å²) in [6.45, 7) is 1.52. The number of carboxylic acids is 1. The predicted octanol–water partition coefficient (Wildman–Crippen LogP) is 3.44. The van der Waals surface area contributed by atoms with E-state index in [1.165, 1.54) is 32.2 Å². The molecule has 148 valence electrons. The Balaban J connectivity index is 1.89. The summed E-state index contributed by atoms with van der Waals surface area (Å²) in [7, 11) is 1.53. The van der Waals surface area contributed by atoms with Gasteiger partial charge in [0.15, 0.2) is 11.8 Å². The lowest BCUT2D eigenvalue weighted by Gasteiger charge is -2.15. The number of carbonyl (C=O) groups is 3. The first-order chi connectivity index (χ1) is 13.3. The predicted molar refractivity (Wildman–Crippen MR) is 101 cm³/mol. The van der Waals surface area contributed by atoms with Gasteiger partial charge in [0.05, 0.1) is 7.11 Å². The smallest absolute Gasteiger partial charge is 0.330 e. The Hall–Kier alpha value is -3.22. The molecule has 0 aromatic heterocycles. The number of benzene rings is 2. The quantitative estimate of drug-likeness (QED) is 0.643. The minimum atomic E-state index is -1.27. The number of aliphatic carboxylic acids is 1. The second-order valence-corrected chi connectivity index (χ2v) is 6.35. The fourth-order valence-electron chi connectivity index (χ4n) is 2.70. The number of halogens is 1. The number of ether oxygens (including phenoxy) is 1. The standard InChI is InChI=1S/C21H22FNO5/c1-13-12-15(8-11-17(13)22)20(21(26)27)23-19(25)5-3-4-18(24)14-6-9-16(28-2)10-7-14/h6-12,20H,3-5H2,1-2H3,(H,23,25)(H,26,27). The molecule has 0 saturated carbocycles. The molecule has 1 atom stereocenters. The highest BCUT2D eigenvalue weighted by molar-refractivity contribution is 5.96. The maximum atomic E-state index is 13.4. The minimum Gasteiger partial charge on any atom is -0.497 e. The zero-order valence-corrected chi connectivity index (χ0v) is 15.7. The molecule has 28 heavy (non-hydrogen) atoms. The molecule has 0 bridgehead atoms. The van der Waals surface area contributed by atoms with Crippen LogP contribution in [0.5, 0.6) is 5.75 Å². The van der Waals surface area contributed by atoms with Crippen molar-refractivity contribution in [2.24, 2.45) is 0 Å². The van der Waals surface area contributed by atoms with E-state index in [1.807, 2.05) is 0 Å². The Morgan fingerprint density at radius 1 is 1.11 bits per heavy atom. The molecule has 2 aromatic carbocycles. The van der Waals surface area contributed by atoms with Gasteiger partial charge in [0.2, 0.25) is 5.91 Å². The van der Waals surface area contributed by atoms with Gasteiger partial charge in [-0.2, -0.15) is 0 Å². The Labute approximate surface area is 162 Å². The number of hydrogen-bond donors (Lipinski definition) is 2. The minimum absolute atomic E-state index is 0.00581. The van der Waals surface area contributed by atoms with Crippen molar-refractivity contribution in [3.63, 3.8) is 0 Å². The molecule has 1 amide bonds. The van der Waals surface area contributed by atoms with Gasteiger partial charge in [0.25, 0.3) is 0 Å². The summed E-state index contributed by atoms with van der Waals surface area (Å²) >= 11 is 0. The molecule has 1 unspecified atom stereocenters. The average molecular weight is 387 g/mol. The van der Waals surface area contributed by atoms with Gasteiger partial charge in [-0.3, -0.25) is 9.59 Å². The van der Waals surface area contributed by atoms with E-state index in [9.17, 15) is 23.9 Å².